The second-order valence-electron chi connectivity index (χ2n) is 5.92. The van der Waals surface area contributed by atoms with Crippen molar-refractivity contribution in [1.29, 1.82) is 0 Å². The summed E-state index contributed by atoms with van der Waals surface area (Å²) < 4.78 is 15.9. The molecule has 0 aromatic heterocycles. The van der Waals surface area contributed by atoms with E-state index in [9.17, 15) is 14.7 Å². The fourth-order valence-corrected chi connectivity index (χ4v) is 2.62. The summed E-state index contributed by atoms with van der Waals surface area (Å²) in [6, 6.07) is 11.5. The lowest BCUT2D eigenvalue weighted by atomic mass is 10.2. The molecule has 0 atom stereocenters. The van der Waals surface area contributed by atoms with Gasteiger partial charge in [-0.05, 0) is 43.7 Å². The number of hydrogen-bond acceptors (Lipinski definition) is 6. The number of phenolic OH excluding ortho intramolecular Hbond substituents is 1. The van der Waals surface area contributed by atoms with Crippen LogP contribution >= 0.6 is 0 Å². The summed E-state index contributed by atoms with van der Waals surface area (Å²) in [6.07, 6.45) is 0. The monoisotopic (exact) mass is 387 g/mol. The van der Waals surface area contributed by atoms with Crippen molar-refractivity contribution in [3.8, 4) is 17.2 Å². The van der Waals surface area contributed by atoms with Gasteiger partial charge in [0.25, 0.3) is 5.91 Å². The van der Waals surface area contributed by atoms with Crippen molar-refractivity contribution in [2.75, 3.05) is 26.9 Å². The zero-order chi connectivity index (χ0) is 20.5. The normalized spacial score (nSPS) is 10.2. The maximum Gasteiger partial charge on any atom is 0.342 e. The van der Waals surface area contributed by atoms with Gasteiger partial charge < -0.3 is 24.2 Å². The number of esters is 1. The van der Waals surface area contributed by atoms with Gasteiger partial charge in [0.1, 0.15) is 11.3 Å². The molecule has 150 valence electrons. The standard InChI is InChI=1S/C21H25NO6/c1-4-22(13-15-10-11-18(27-5-2)19(12-15)26-3)20(24)14-28-21(25)16-8-6-7-9-17(16)23/h6-12,23H,4-5,13-14H2,1-3H3. The molecule has 7 nitrogen and oxygen atoms in total. The Hall–Kier alpha value is -3.22. The summed E-state index contributed by atoms with van der Waals surface area (Å²) in [5.74, 6) is -0.0355. The summed E-state index contributed by atoms with van der Waals surface area (Å²) in [6.45, 7) is 4.64. The first-order valence-corrected chi connectivity index (χ1v) is 9.02. The van der Waals surface area contributed by atoms with Gasteiger partial charge in [-0.2, -0.15) is 0 Å². The van der Waals surface area contributed by atoms with Crippen LogP contribution in [0, 0.1) is 0 Å². The SMILES string of the molecule is CCOc1ccc(CN(CC)C(=O)COC(=O)c2ccccc2O)cc1OC. The number of benzene rings is 2. The van der Waals surface area contributed by atoms with Gasteiger partial charge in [-0.25, -0.2) is 4.79 Å². The van der Waals surface area contributed by atoms with Crippen LogP contribution in [0.3, 0.4) is 0 Å². The third-order valence-electron chi connectivity index (χ3n) is 4.09. The second kappa shape index (κ2) is 10.2. The molecule has 0 saturated heterocycles. The molecule has 0 fully saturated rings. The Morgan fingerprint density at radius 3 is 2.46 bits per heavy atom. The third kappa shape index (κ3) is 5.39. The summed E-state index contributed by atoms with van der Waals surface area (Å²) in [5, 5.41) is 9.69. The van der Waals surface area contributed by atoms with Gasteiger partial charge in [0.2, 0.25) is 0 Å². The van der Waals surface area contributed by atoms with E-state index in [0.717, 1.165) is 5.56 Å². The van der Waals surface area contributed by atoms with Gasteiger partial charge in [0.15, 0.2) is 18.1 Å². The van der Waals surface area contributed by atoms with Crippen molar-refractivity contribution in [3.63, 3.8) is 0 Å². The molecule has 0 aliphatic carbocycles. The maximum absolute atomic E-state index is 12.5. The van der Waals surface area contributed by atoms with E-state index in [-0.39, 0.29) is 17.2 Å². The van der Waals surface area contributed by atoms with E-state index < -0.39 is 12.6 Å². The van der Waals surface area contributed by atoms with Crippen molar-refractivity contribution < 1.29 is 28.9 Å². The number of rotatable bonds is 9. The van der Waals surface area contributed by atoms with Crippen LogP contribution in [0.25, 0.3) is 0 Å². The number of likely N-dealkylation sites (N-methyl/N-ethyl adjacent to an activating group) is 1. The Morgan fingerprint density at radius 1 is 1.07 bits per heavy atom. The van der Waals surface area contributed by atoms with Crippen LogP contribution < -0.4 is 9.47 Å². The molecular weight excluding hydrogens is 362 g/mol. The van der Waals surface area contributed by atoms with Crippen molar-refractivity contribution in [2.45, 2.75) is 20.4 Å². The quantitative estimate of drug-likeness (QED) is 0.666. The number of para-hydroxylation sites is 1. The van der Waals surface area contributed by atoms with Crippen LogP contribution in [0.4, 0.5) is 0 Å². The van der Waals surface area contributed by atoms with Crippen molar-refractivity contribution in [3.05, 3.63) is 53.6 Å². The first kappa shape index (κ1) is 21.1. The number of carbonyl (C=O) groups excluding carboxylic acids is 2. The molecule has 1 N–H and O–H groups in total. The minimum Gasteiger partial charge on any atom is -0.507 e. The first-order valence-electron chi connectivity index (χ1n) is 9.02. The molecule has 0 radical (unpaired) electrons. The molecule has 28 heavy (non-hydrogen) atoms. The van der Waals surface area contributed by atoms with Gasteiger partial charge in [0, 0.05) is 13.1 Å². The highest BCUT2D eigenvalue weighted by atomic mass is 16.5. The zero-order valence-electron chi connectivity index (χ0n) is 16.3. The van der Waals surface area contributed by atoms with Crippen LogP contribution in [0.2, 0.25) is 0 Å². The van der Waals surface area contributed by atoms with Gasteiger partial charge in [-0.1, -0.05) is 18.2 Å². The lowest BCUT2D eigenvalue weighted by Crippen LogP contribution is -2.34. The lowest BCUT2D eigenvalue weighted by Gasteiger charge is -2.21. The predicted octanol–water partition coefficient (Wildman–Crippen LogP) is 3.01. The van der Waals surface area contributed by atoms with Gasteiger partial charge in [-0.3, -0.25) is 4.79 Å². The van der Waals surface area contributed by atoms with Crippen LogP contribution in [0.1, 0.15) is 29.8 Å². The fourth-order valence-electron chi connectivity index (χ4n) is 2.62. The minimum absolute atomic E-state index is 0.0228. The highest BCUT2D eigenvalue weighted by Crippen LogP contribution is 2.28. The molecule has 0 aliphatic heterocycles. The molecule has 0 saturated carbocycles. The number of amides is 1. The summed E-state index contributed by atoms with van der Waals surface area (Å²) >= 11 is 0. The van der Waals surface area contributed by atoms with E-state index in [2.05, 4.69) is 0 Å². The first-order chi connectivity index (χ1) is 13.5. The molecule has 2 aromatic carbocycles. The number of aromatic hydroxyl groups is 1. The Morgan fingerprint density at radius 2 is 1.82 bits per heavy atom. The second-order valence-corrected chi connectivity index (χ2v) is 5.92. The van der Waals surface area contributed by atoms with Crippen molar-refractivity contribution >= 4 is 11.9 Å². The Labute approximate surface area is 164 Å². The molecule has 0 aliphatic rings. The van der Waals surface area contributed by atoms with Crippen LogP contribution in [0.15, 0.2) is 42.5 Å². The number of hydrogen-bond donors (Lipinski definition) is 1. The summed E-state index contributed by atoms with van der Waals surface area (Å²) in [5.41, 5.74) is 0.886. The van der Waals surface area contributed by atoms with Gasteiger partial charge in [0.05, 0.1) is 13.7 Å². The van der Waals surface area contributed by atoms with E-state index in [1.807, 2.05) is 26.0 Å². The summed E-state index contributed by atoms with van der Waals surface area (Å²) in [4.78, 5) is 26.1. The fraction of sp³-hybridized carbons (Fsp3) is 0.333. The largest absolute Gasteiger partial charge is 0.507 e. The molecule has 0 bridgehead atoms. The zero-order valence-corrected chi connectivity index (χ0v) is 16.3. The van der Waals surface area contributed by atoms with Crippen LogP contribution in [-0.2, 0) is 16.1 Å². The lowest BCUT2D eigenvalue weighted by molar-refractivity contribution is -0.134. The number of nitrogens with zero attached hydrogens (tertiary/aromatic N) is 1. The highest BCUT2D eigenvalue weighted by Gasteiger charge is 2.18. The highest BCUT2D eigenvalue weighted by molar-refractivity contribution is 5.93. The topological polar surface area (TPSA) is 85.3 Å². The molecule has 0 unspecified atom stereocenters. The smallest absolute Gasteiger partial charge is 0.342 e. The van der Waals surface area contributed by atoms with Gasteiger partial charge >= 0.3 is 5.97 Å². The number of phenols is 1. The molecule has 2 rings (SSSR count). The molecule has 1 amide bonds. The van der Waals surface area contributed by atoms with E-state index >= 15 is 0 Å². The minimum atomic E-state index is -0.745. The molecule has 7 heteroatoms. The van der Waals surface area contributed by atoms with E-state index in [4.69, 9.17) is 14.2 Å². The molecule has 2 aromatic rings. The van der Waals surface area contributed by atoms with Crippen molar-refractivity contribution in [2.24, 2.45) is 0 Å². The van der Waals surface area contributed by atoms with E-state index in [1.165, 1.54) is 12.1 Å². The Balaban J connectivity index is 2.00. The number of methoxy groups -OCH3 is 1. The third-order valence-corrected chi connectivity index (χ3v) is 4.09. The van der Waals surface area contributed by atoms with Crippen molar-refractivity contribution in [1.82, 2.24) is 4.90 Å². The maximum atomic E-state index is 12.5. The number of ether oxygens (including phenoxy) is 3. The molecule has 0 heterocycles. The number of carbonyl (C=O) groups is 2. The van der Waals surface area contributed by atoms with E-state index in [0.29, 0.717) is 31.2 Å². The van der Waals surface area contributed by atoms with E-state index in [1.54, 1.807) is 30.2 Å². The average molecular weight is 387 g/mol. The average Bonchev–Trinajstić information content (AvgIpc) is 2.71. The Bertz CT molecular complexity index is 820. The van der Waals surface area contributed by atoms with Crippen LogP contribution in [0.5, 0.6) is 17.2 Å². The Kier molecular flexibility index (Phi) is 7.68. The molecular formula is C21H25NO6. The van der Waals surface area contributed by atoms with Gasteiger partial charge in [-0.15, -0.1) is 0 Å². The van der Waals surface area contributed by atoms with Crippen LogP contribution in [-0.4, -0.2) is 48.8 Å². The summed E-state index contributed by atoms with van der Waals surface area (Å²) in [7, 11) is 1.56. The predicted molar refractivity (Wildman–Crippen MR) is 104 cm³/mol. The molecule has 0 spiro atoms.